The van der Waals surface area contributed by atoms with Crippen molar-refractivity contribution in [1.29, 1.82) is 0 Å². The van der Waals surface area contributed by atoms with Crippen LogP contribution in [0.5, 0.6) is 0 Å². The summed E-state index contributed by atoms with van der Waals surface area (Å²) in [6, 6.07) is 14.7. The first kappa shape index (κ1) is 11.2. The fourth-order valence-electron chi connectivity index (χ4n) is 1.85. The molecule has 0 bridgehead atoms. The molecule has 0 saturated heterocycles. The molecule has 0 spiro atoms. The van der Waals surface area contributed by atoms with E-state index >= 15 is 0 Å². The Balaban J connectivity index is 1.92. The first-order valence-electron chi connectivity index (χ1n) is 5.91. The van der Waals surface area contributed by atoms with E-state index in [2.05, 4.69) is 66.6 Å². The zero-order valence-corrected chi connectivity index (χ0v) is 11.2. The lowest BCUT2D eigenvalue weighted by Crippen LogP contribution is -1.88. The normalized spacial score (nSPS) is 10.8. The highest BCUT2D eigenvalue weighted by Crippen LogP contribution is 2.28. The molecule has 1 heterocycles. The Labute approximate surface area is 110 Å². The third-order valence-electron chi connectivity index (χ3n) is 2.85. The van der Waals surface area contributed by atoms with Gasteiger partial charge in [-0.15, -0.1) is 0 Å². The fourth-order valence-corrected chi connectivity index (χ4v) is 2.72. The van der Waals surface area contributed by atoms with Gasteiger partial charge < -0.3 is 5.32 Å². The van der Waals surface area contributed by atoms with Gasteiger partial charge in [0.15, 0.2) is 5.13 Å². The molecule has 3 heteroatoms. The molecule has 0 aliphatic carbocycles. The SMILES string of the molecule is Cc1ccc(Nc2nc3cc(C)ccc3s2)cc1. The van der Waals surface area contributed by atoms with Crippen LogP contribution in [-0.2, 0) is 0 Å². The van der Waals surface area contributed by atoms with Crippen molar-refractivity contribution in [1.82, 2.24) is 4.98 Å². The van der Waals surface area contributed by atoms with Gasteiger partial charge in [-0.05, 0) is 43.7 Å². The number of thiazole rings is 1. The summed E-state index contributed by atoms with van der Waals surface area (Å²) in [6.45, 7) is 4.18. The monoisotopic (exact) mass is 254 g/mol. The van der Waals surface area contributed by atoms with Crippen molar-refractivity contribution < 1.29 is 0 Å². The zero-order chi connectivity index (χ0) is 12.5. The molecule has 3 aromatic rings. The summed E-state index contributed by atoms with van der Waals surface area (Å²) >= 11 is 1.68. The number of aromatic nitrogens is 1. The van der Waals surface area contributed by atoms with Gasteiger partial charge >= 0.3 is 0 Å². The summed E-state index contributed by atoms with van der Waals surface area (Å²) in [4.78, 5) is 4.60. The van der Waals surface area contributed by atoms with Gasteiger partial charge in [-0.25, -0.2) is 4.98 Å². The highest BCUT2D eigenvalue weighted by atomic mass is 32.1. The Morgan fingerprint density at radius 3 is 2.44 bits per heavy atom. The van der Waals surface area contributed by atoms with Gasteiger partial charge in [0.05, 0.1) is 10.2 Å². The molecule has 0 saturated carbocycles. The summed E-state index contributed by atoms with van der Waals surface area (Å²) in [5.74, 6) is 0. The van der Waals surface area contributed by atoms with E-state index in [4.69, 9.17) is 0 Å². The van der Waals surface area contributed by atoms with E-state index in [-0.39, 0.29) is 0 Å². The Kier molecular flexibility index (Phi) is 2.76. The number of hydrogen-bond donors (Lipinski definition) is 1. The third-order valence-corrected chi connectivity index (χ3v) is 3.80. The van der Waals surface area contributed by atoms with Crippen LogP contribution in [-0.4, -0.2) is 4.98 Å². The van der Waals surface area contributed by atoms with Gasteiger partial charge in [-0.2, -0.15) is 0 Å². The molecule has 3 rings (SSSR count). The highest BCUT2D eigenvalue weighted by molar-refractivity contribution is 7.22. The summed E-state index contributed by atoms with van der Waals surface area (Å²) in [5.41, 5.74) is 4.65. The van der Waals surface area contributed by atoms with E-state index in [1.165, 1.54) is 15.8 Å². The van der Waals surface area contributed by atoms with Crippen LogP contribution in [0.15, 0.2) is 42.5 Å². The van der Waals surface area contributed by atoms with E-state index in [1.54, 1.807) is 11.3 Å². The number of nitrogens with zero attached hydrogens (tertiary/aromatic N) is 1. The van der Waals surface area contributed by atoms with Gasteiger partial charge in [0, 0.05) is 5.69 Å². The Morgan fingerprint density at radius 1 is 0.944 bits per heavy atom. The molecular weight excluding hydrogens is 240 g/mol. The first-order valence-corrected chi connectivity index (χ1v) is 6.73. The lowest BCUT2D eigenvalue weighted by atomic mass is 10.2. The molecule has 18 heavy (non-hydrogen) atoms. The average molecular weight is 254 g/mol. The van der Waals surface area contributed by atoms with Gasteiger partial charge in [0.1, 0.15) is 0 Å². The first-order chi connectivity index (χ1) is 8.70. The standard InChI is InChI=1S/C15H14N2S/c1-10-3-6-12(7-4-10)16-15-17-13-9-11(2)5-8-14(13)18-15/h3-9H,1-2H3,(H,16,17). The summed E-state index contributed by atoms with van der Waals surface area (Å²) in [6.07, 6.45) is 0. The molecular formula is C15H14N2S. The quantitative estimate of drug-likeness (QED) is 0.719. The van der Waals surface area contributed by atoms with Crippen LogP contribution in [0.25, 0.3) is 10.2 Å². The minimum Gasteiger partial charge on any atom is -0.332 e. The largest absolute Gasteiger partial charge is 0.332 e. The maximum absolute atomic E-state index is 4.60. The molecule has 1 N–H and O–H groups in total. The van der Waals surface area contributed by atoms with E-state index < -0.39 is 0 Å². The van der Waals surface area contributed by atoms with Crippen molar-refractivity contribution in [2.24, 2.45) is 0 Å². The number of aryl methyl sites for hydroxylation is 2. The van der Waals surface area contributed by atoms with Crippen LogP contribution in [0.1, 0.15) is 11.1 Å². The van der Waals surface area contributed by atoms with Crippen LogP contribution in [0, 0.1) is 13.8 Å². The number of hydrogen-bond acceptors (Lipinski definition) is 3. The molecule has 2 aromatic carbocycles. The highest BCUT2D eigenvalue weighted by Gasteiger charge is 2.03. The fraction of sp³-hybridized carbons (Fsp3) is 0.133. The number of anilines is 2. The molecule has 0 amide bonds. The van der Waals surface area contributed by atoms with Crippen molar-refractivity contribution in [3.05, 3.63) is 53.6 Å². The summed E-state index contributed by atoms with van der Waals surface area (Å²) in [5, 5.41) is 4.29. The average Bonchev–Trinajstić information content (AvgIpc) is 2.73. The predicted molar refractivity (Wildman–Crippen MR) is 78.8 cm³/mol. The van der Waals surface area contributed by atoms with Crippen molar-refractivity contribution >= 4 is 32.4 Å². The van der Waals surface area contributed by atoms with Gasteiger partial charge in [0.2, 0.25) is 0 Å². The van der Waals surface area contributed by atoms with Crippen molar-refractivity contribution in [2.45, 2.75) is 13.8 Å². The lowest BCUT2D eigenvalue weighted by Gasteiger charge is -2.01. The van der Waals surface area contributed by atoms with Crippen LogP contribution in [0.4, 0.5) is 10.8 Å². The Hall–Kier alpha value is -1.87. The minimum absolute atomic E-state index is 0.944. The summed E-state index contributed by atoms with van der Waals surface area (Å²) < 4.78 is 1.22. The van der Waals surface area contributed by atoms with Crippen molar-refractivity contribution in [2.75, 3.05) is 5.32 Å². The second kappa shape index (κ2) is 4.42. The lowest BCUT2D eigenvalue weighted by molar-refractivity contribution is 1.41. The Morgan fingerprint density at radius 2 is 1.67 bits per heavy atom. The van der Waals surface area contributed by atoms with E-state index in [9.17, 15) is 0 Å². The minimum atomic E-state index is 0.944. The van der Waals surface area contributed by atoms with Crippen molar-refractivity contribution in [3.8, 4) is 0 Å². The molecule has 0 unspecified atom stereocenters. The number of fused-ring (bicyclic) bond motifs is 1. The topological polar surface area (TPSA) is 24.9 Å². The number of benzene rings is 2. The number of rotatable bonds is 2. The van der Waals surface area contributed by atoms with Gasteiger partial charge in [-0.1, -0.05) is 35.1 Å². The van der Waals surface area contributed by atoms with Crippen molar-refractivity contribution in [3.63, 3.8) is 0 Å². The van der Waals surface area contributed by atoms with Gasteiger partial charge in [0.25, 0.3) is 0 Å². The van der Waals surface area contributed by atoms with Crippen LogP contribution < -0.4 is 5.32 Å². The molecule has 1 aromatic heterocycles. The van der Waals surface area contributed by atoms with E-state index in [1.807, 2.05) is 0 Å². The second-order valence-electron chi connectivity index (χ2n) is 4.48. The molecule has 0 fully saturated rings. The van der Waals surface area contributed by atoms with Crippen LogP contribution in [0.2, 0.25) is 0 Å². The molecule has 90 valence electrons. The molecule has 0 aliphatic rings. The maximum Gasteiger partial charge on any atom is 0.188 e. The maximum atomic E-state index is 4.60. The number of nitrogens with one attached hydrogen (secondary N) is 1. The predicted octanol–water partition coefficient (Wildman–Crippen LogP) is 4.66. The smallest absolute Gasteiger partial charge is 0.188 e. The summed E-state index contributed by atoms with van der Waals surface area (Å²) in [7, 11) is 0. The molecule has 0 atom stereocenters. The molecule has 0 aliphatic heterocycles. The Bertz CT molecular complexity index is 683. The molecule has 0 radical (unpaired) electrons. The third kappa shape index (κ3) is 2.22. The van der Waals surface area contributed by atoms with E-state index in [0.29, 0.717) is 0 Å². The van der Waals surface area contributed by atoms with Crippen LogP contribution >= 0.6 is 11.3 Å². The second-order valence-corrected chi connectivity index (χ2v) is 5.51. The van der Waals surface area contributed by atoms with Crippen LogP contribution in [0.3, 0.4) is 0 Å². The molecule has 2 nitrogen and oxygen atoms in total. The van der Waals surface area contributed by atoms with Gasteiger partial charge in [-0.3, -0.25) is 0 Å². The zero-order valence-electron chi connectivity index (χ0n) is 10.4. The van der Waals surface area contributed by atoms with E-state index in [0.717, 1.165) is 16.3 Å².